The average Bonchev–Trinajstić information content (AvgIpc) is 3.29. The Labute approximate surface area is 200 Å². The first-order valence-corrected chi connectivity index (χ1v) is 10.7. The third kappa shape index (κ3) is 4.94. The summed E-state index contributed by atoms with van der Waals surface area (Å²) in [5, 5.41) is 8.36. The number of benzene rings is 2. The van der Waals surface area contributed by atoms with Crippen LogP contribution in [0.15, 0.2) is 67.0 Å². The van der Waals surface area contributed by atoms with Crippen molar-refractivity contribution in [2.75, 3.05) is 14.2 Å². The van der Waals surface area contributed by atoms with Crippen LogP contribution >= 0.6 is 23.2 Å². The predicted molar refractivity (Wildman–Crippen MR) is 128 cm³/mol. The second kappa shape index (κ2) is 9.94. The van der Waals surface area contributed by atoms with Gasteiger partial charge in [0.1, 0.15) is 17.2 Å². The van der Waals surface area contributed by atoms with E-state index in [4.69, 9.17) is 32.7 Å². The molecule has 9 heteroatoms. The first-order valence-electron chi connectivity index (χ1n) is 9.95. The molecule has 0 unspecified atom stereocenters. The van der Waals surface area contributed by atoms with Crippen LogP contribution in [0.4, 0.5) is 0 Å². The van der Waals surface area contributed by atoms with Crippen LogP contribution in [0.1, 0.15) is 16.1 Å². The SMILES string of the molecule is COc1ccc(-c2cc(C(=O)NCc3cccnc3)n(-c3ccc(Cl)c(Cl)c3)n2)c(OC)c1. The van der Waals surface area contributed by atoms with E-state index >= 15 is 0 Å². The molecule has 4 rings (SSSR count). The van der Waals surface area contributed by atoms with Crippen molar-refractivity contribution in [2.45, 2.75) is 6.54 Å². The number of nitrogens with one attached hydrogen (secondary N) is 1. The van der Waals surface area contributed by atoms with Crippen LogP contribution in [-0.4, -0.2) is 34.9 Å². The maximum Gasteiger partial charge on any atom is 0.270 e. The number of halogens is 2. The Morgan fingerprint density at radius 1 is 1.03 bits per heavy atom. The van der Waals surface area contributed by atoms with Gasteiger partial charge in [-0.3, -0.25) is 9.78 Å². The molecule has 0 radical (unpaired) electrons. The summed E-state index contributed by atoms with van der Waals surface area (Å²) in [6.45, 7) is 0.320. The van der Waals surface area contributed by atoms with Crippen LogP contribution in [0.5, 0.6) is 11.5 Å². The fraction of sp³-hybridized carbons (Fsp3) is 0.125. The Hall–Kier alpha value is -3.55. The predicted octanol–water partition coefficient (Wildman–Crippen LogP) is 5.19. The van der Waals surface area contributed by atoms with Gasteiger partial charge in [0.05, 0.1) is 35.6 Å². The van der Waals surface area contributed by atoms with E-state index in [-0.39, 0.29) is 5.91 Å². The van der Waals surface area contributed by atoms with Gasteiger partial charge in [-0.25, -0.2) is 4.68 Å². The fourth-order valence-electron chi connectivity index (χ4n) is 3.27. The maximum atomic E-state index is 13.2. The molecule has 4 aromatic rings. The van der Waals surface area contributed by atoms with Gasteiger partial charge in [-0.1, -0.05) is 29.3 Å². The highest BCUT2D eigenvalue weighted by atomic mass is 35.5. The standard InChI is InChI=1S/C24H20Cl2N4O3/c1-32-17-6-7-18(23(11-17)33-2)21-12-22(24(31)28-14-15-4-3-9-27-13-15)30(29-21)16-5-8-19(25)20(26)10-16/h3-13H,14H2,1-2H3,(H,28,31). The van der Waals surface area contributed by atoms with Crippen molar-refractivity contribution in [2.24, 2.45) is 0 Å². The molecule has 0 saturated carbocycles. The third-order valence-corrected chi connectivity index (χ3v) is 5.69. The Kier molecular flexibility index (Phi) is 6.82. The van der Waals surface area contributed by atoms with Gasteiger partial charge in [0.15, 0.2) is 0 Å². The van der Waals surface area contributed by atoms with Crippen molar-refractivity contribution in [3.63, 3.8) is 0 Å². The minimum absolute atomic E-state index is 0.309. The van der Waals surface area contributed by atoms with Crippen LogP contribution in [0.3, 0.4) is 0 Å². The van der Waals surface area contributed by atoms with Crippen molar-refractivity contribution in [1.29, 1.82) is 0 Å². The molecular weight excluding hydrogens is 463 g/mol. The Morgan fingerprint density at radius 2 is 1.88 bits per heavy atom. The normalized spacial score (nSPS) is 10.7. The molecule has 2 aromatic carbocycles. The molecule has 7 nitrogen and oxygen atoms in total. The second-order valence-corrected chi connectivity index (χ2v) is 7.85. The van der Waals surface area contributed by atoms with Crippen molar-refractivity contribution >= 4 is 29.1 Å². The summed E-state index contributed by atoms with van der Waals surface area (Å²) >= 11 is 12.3. The first-order chi connectivity index (χ1) is 16.0. The van der Waals surface area contributed by atoms with E-state index in [1.807, 2.05) is 18.2 Å². The molecule has 1 N–H and O–H groups in total. The summed E-state index contributed by atoms with van der Waals surface area (Å²) in [6, 6.07) is 15.9. The number of amides is 1. The van der Waals surface area contributed by atoms with Crippen molar-refractivity contribution in [1.82, 2.24) is 20.1 Å². The lowest BCUT2D eigenvalue weighted by atomic mass is 10.1. The number of hydrogen-bond acceptors (Lipinski definition) is 5. The lowest BCUT2D eigenvalue weighted by Crippen LogP contribution is -2.25. The summed E-state index contributed by atoms with van der Waals surface area (Å²) in [5.41, 5.74) is 3.05. The first kappa shape index (κ1) is 22.6. The van der Waals surface area contributed by atoms with Crippen molar-refractivity contribution in [3.8, 4) is 28.4 Å². The smallest absolute Gasteiger partial charge is 0.270 e. The highest BCUT2D eigenvalue weighted by molar-refractivity contribution is 6.42. The minimum Gasteiger partial charge on any atom is -0.497 e. The van der Waals surface area contributed by atoms with E-state index in [0.717, 1.165) is 5.56 Å². The number of carbonyl (C=O) groups excluding carboxylic acids is 1. The molecule has 0 saturated heterocycles. The van der Waals surface area contributed by atoms with Gasteiger partial charge in [-0.15, -0.1) is 0 Å². The molecule has 0 atom stereocenters. The molecule has 1 amide bonds. The van der Waals surface area contributed by atoms with Gasteiger partial charge < -0.3 is 14.8 Å². The molecular formula is C24H20Cl2N4O3. The van der Waals surface area contributed by atoms with E-state index in [1.54, 1.807) is 63.0 Å². The zero-order chi connectivity index (χ0) is 23.4. The van der Waals surface area contributed by atoms with Crippen LogP contribution in [0, 0.1) is 0 Å². The second-order valence-electron chi connectivity index (χ2n) is 7.04. The van der Waals surface area contributed by atoms with E-state index in [0.29, 0.717) is 50.7 Å². The van der Waals surface area contributed by atoms with Gasteiger partial charge in [0.2, 0.25) is 0 Å². The number of rotatable bonds is 7. The summed E-state index contributed by atoms with van der Waals surface area (Å²) in [5.74, 6) is 0.903. The van der Waals surface area contributed by atoms with Crippen LogP contribution in [0.25, 0.3) is 16.9 Å². The lowest BCUT2D eigenvalue weighted by molar-refractivity contribution is 0.0943. The zero-order valence-corrected chi connectivity index (χ0v) is 19.4. The van der Waals surface area contributed by atoms with Crippen LogP contribution < -0.4 is 14.8 Å². The highest BCUT2D eigenvalue weighted by Crippen LogP contribution is 2.34. The molecule has 0 aliphatic rings. The number of nitrogens with zero attached hydrogens (tertiary/aromatic N) is 3. The summed E-state index contributed by atoms with van der Waals surface area (Å²) in [4.78, 5) is 17.2. The van der Waals surface area contributed by atoms with E-state index in [2.05, 4.69) is 15.4 Å². The molecule has 2 aromatic heterocycles. The molecule has 0 aliphatic carbocycles. The largest absolute Gasteiger partial charge is 0.497 e. The van der Waals surface area contributed by atoms with Crippen LogP contribution in [-0.2, 0) is 6.54 Å². The Balaban J connectivity index is 1.76. The Bertz CT molecular complexity index is 1290. The number of hydrogen-bond donors (Lipinski definition) is 1. The van der Waals surface area contributed by atoms with Crippen molar-refractivity contribution in [3.05, 3.63) is 88.3 Å². The minimum atomic E-state index is -0.309. The van der Waals surface area contributed by atoms with Crippen LogP contribution in [0.2, 0.25) is 10.0 Å². The molecule has 0 spiro atoms. The number of aromatic nitrogens is 3. The lowest BCUT2D eigenvalue weighted by Gasteiger charge is -2.09. The zero-order valence-electron chi connectivity index (χ0n) is 17.9. The summed E-state index contributed by atoms with van der Waals surface area (Å²) < 4.78 is 12.3. The van der Waals surface area contributed by atoms with E-state index < -0.39 is 0 Å². The quantitative estimate of drug-likeness (QED) is 0.392. The molecule has 0 bridgehead atoms. The monoisotopic (exact) mass is 482 g/mol. The van der Waals surface area contributed by atoms with E-state index in [9.17, 15) is 4.79 Å². The maximum absolute atomic E-state index is 13.2. The van der Waals surface area contributed by atoms with Gasteiger partial charge in [0.25, 0.3) is 5.91 Å². The number of carbonyl (C=O) groups is 1. The van der Waals surface area contributed by atoms with Gasteiger partial charge in [0, 0.05) is 30.6 Å². The average molecular weight is 483 g/mol. The number of ether oxygens (including phenoxy) is 2. The van der Waals surface area contributed by atoms with Gasteiger partial charge in [-0.05, 0) is 48.0 Å². The molecule has 0 fully saturated rings. The van der Waals surface area contributed by atoms with Crippen molar-refractivity contribution < 1.29 is 14.3 Å². The van der Waals surface area contributed by atoms with Gasteiger partial charge in [-0.2, -0.15) is 5.10 Å². The third-order valence-electron chi connectivity index (χ3n) is 4.95. The number of pyridine rings is 1. The summed E-state index contributed by atoms with van der Waals surface area (Å²) in [6.07, 6.45) is 3.38. The summed E-state index contributed by atoms with van der Waals surface area (Å²) in [7, 11) is 3.15. The molecule has 2 heterocycles. The molecule has 168 valence electrons. The highest BCUT2D eigenvalue weighted by Gasteiger charge is 2.20. The molecule has 0 aliphatic heterocycles. The molecule has 33 heavy (non-hydrogen) atoms. The Morgan fingerprint density at radius 3 is 2.58 bits per heavy atom. The van der Waals surface area contributed by atoms with E-state index in [1.165, 1.54) is 4.68 Å². The fourth-order valence-corrected chi connectivity index (χ4v) is 3.57. The topological polar surface area (TPSA) is 78.3 Å². The van der Waals surface area contributed by atoms with Gasteiger partial charge >= 0.3 is 0 Å². The number of methoxy groups -OCH3 is 2.